The van der Waals surface area contributed by atoms with Crippen LogP contribution in [-0.2, 0) is 0 Å². The predicted octanol–water partition coefficient (Wildman–Crippen LogP) is 5.06. The monoisotopic (exact) mass is 335 g/mol. The number of pyridine rings is 1. The van der Waals surface area contributed by atoms with E-state index in [4.69, 9.17) is 51.5 Å². The number of carboxylic acid groups (broad SMARTS) is 1. The van der Waals surface area contributed by atoms with E-state index in [1.165, 1.54) is 18.3 Å². The van der Waals surface area contributed by atoms with Crippen LogP contribution in [0.5, 0.6) is 0 Å². The van der Waals surface area contributed by atoms with Crippen molar-refractivity contribution in [2.45, 2.75) is 0 Å². The standard InChI is InChI=1S/C12H5Cl4NO2/c13-6-2-7(10(16)8(14)3-6)11-9(15)1-5(4-17-11)12(18)19/h1-4H,(H,18,19). The van der Waals surface area contributed by atoms with Gasteiger partial charge < -0.3 is 5.11 Å². The molecule has 0 unspecified atom stereocenters. The van der Waals surface area contributed by atoms with Crippen molar-refractivity contribution < 1.29 is 9.90 Å². The molecule has 0 bridgehead atoms. The van der Waals surface area contributed by atoms with Crippen molar-refractivity contribution in [2.24, 2.45) is 0 Å². The van der Waals surface area contributed by atoms with Crippen LogP contribution < -0.4 is 0 Å². The summed E-state index contributed by atoms with van der Waals surface area (Å²) in [4.78, 5) is 14.8. The van der Waals surface area contributed by atoms with Gasteiger partial charge in [-0.2, -0.15) is 0 Å². The Morgan fingerprint density at radius 1 is 1.05 bits per heavy atom. The second-order valence-electron chi connectivity index (χ2n) is 3.61. The molecule has 0 aliphatic carbocycles. The van der Waals surface area contributed by atoms with Gasteiger partial charge in [0.25, 0.3) is 0 Å². The molecule has 3 nitrogen and oxygen atoms in total. The molecule has 1 aromatic heterocycles. The van der Waals surface area contributed by atoms with E-state index >= 15 is 0 Å². The Hall–Kier alpha value is -1.000. The molecule has 2 aromatic rings. The van der Waals surface area contributed by atoms with Crippen LogP contribution in [-0.4, -0.2) is 16.1 Å². The van der Waals surface area contributed by atoms with Gasteiger partial charge in [0.15, 0.2) is 0 Å². The van der Waals surface area contributed by atoms with Crippen LogP contribution in [0.3, 0.4) is 0 Å². The number of benzene rings is 1. The SMILES string of the molecule is O=C(O)c1cnc(-c2cc(Cl)cc(Cl)c2Cl)c(Cl)c1. The van der Waals surface area contributed by atoms with Gasteiger partial charge in [-0.3, -0.25) is 4.98 Å². The number of hydrogen-bond acceptors (Lipinski definition) is 2. The molecule has 0 atom stereocenters. The Morgan fingerprint density at radius 3 is 2.32 bits per heavy atom. The summed E-state index contributed by atoms with van der Waals surface area (Å²) >= 11 is 23.9. The molecule has 7 heteroatoms. The predicted molar refractivity (Wildman–Crippen MR) is 76.7 cm³/mol. The molecule has 2 rings (SSSR count). The molecular weight excluding hydrogens is 332 g/mol. The number of halogens is 4. The van der Waals surface area contributed by atoms with Crippen LogP contribution in [0.15, 0.2) is 24.4 Å². The summed E-state index contributed by atoms with van der Waals surface area (Å²) < 4.78 is 0. The zero-order valence-corrected chi connectivity index (χ0v) is 12.1. The average Bonchev–Trinajstić information content (AvgIpc) is 2.33. The minimum Gasteiger partial charge on any atom is -0.478 e. The summed E-state index contributed by atoms with van der Waals surface area (Å²) in [5.41, 5.74) is 0.750. The van der Waals surface area contributed by atoms with Crippen LogP contribution in [0.25, 0.3) is 11.3 Å². The van der Waals surface area contributed by atoms with E-state index in [2.05, 4.69) is 4.98 Å². The van der Waals surface area contributed by atoms with E-state index in [0.29, 0.717) is 16.3 Å². The van der Waals surface area contributed by atoms with Crippen LogP contribution in [0.2, 0.25) is 20.1 Å². The molecule has 1 aromatic carbocycles. The Morgan fingerprint density at radius 2 is 1.74 bits per heavy atom. The smallest absolute Gasteiger partial charge is 0.337 e. The van der Waals surface area contributed by atoms with Crippen LogP contribution in [0, 0.1) is 0 Å². The van der Waals surface area contributed by atoms with Gasteiger partial charge in [0.05, 0.1) is 26.3 Å². The van der Waals surface area contributed by atoms with Crippen LogP contribution in [0.4, 0.5) is 0 Å². The van der Waals surface area contributed by atoms with Gasteiger partial charge in [0, 0.05) is 16.8 Å². The first-order valence-corrected chi connectivity index (χ1v) is 6.45. The van der Waals surface area contributed by atoms with Crippen molar-refractivity contribution in [3.63, 3.8) is 0 Å². The van der Waals surface area contributed by atoms with Crippen LogP contribution >= 0.6 is 46.4 Å². The highest BCUT2D eigenvalue weighted by Crippen LogP contribution is 2.38. The highest BCUT2D eigenvalue weighted by molar-refractivity contribution is 6.45. The molecule has 0 amide bonds. The van der Waals surface area contributed by atoms with Gasteiger partial charge in [-0.25, -0.2) is 4.79 Å². The number of hydrogen-bond donors (Lipinski definition) is 1. The third-order valence-corrected chi connectivity index (χ3v) is 3.64. The number of carboxylic acids is 1. The average molecular weight is 337 g/mol. The van der Waals surface area contributed by atoms with Gasteiger partial charge >= 0.3 is 5.97 Å². The molecule has 0 spiro atoms. The fraction of sp³-hybridized carbons (Fsp3) is 0. The summed E-state index contributed by atoms with van der Waals surface area (Å²) in [7, 11) is 0. The topological polar surface area (TPSA) is 50.2 Å². The van der Waals surface area contributed by atoms with Crippen molar-refractivity contribution in [1.29, 1.82) is 0 Å². The number of aromatic nitrogens is 1. The zero-order valence-electron chi connectivity index (χ0n) is 9.12. The first-order chi connectivity index (χ1) is 8.90. The maximum absolute atomic E-state index is 10.8. The maximum atomic E-state index is 10.8. The highest BCUT2D eigenvalue weighted by Gasteiger charge is 2.15. The molecule has 19 heavy (non-hydrogen) atoms. The van der Waals surface area contributed by atoms with E-state index in [1.807, 2.05) is 0 Å². The Balaban J connectivity index is 2.63. The lowest BCUT2D eigenvalue weighted by molar-refractivity contribution is 0.0696. The molecular formula is C12H5Cl4NO2. The molecule has 0 fully saturated rings. The molecule has 1 heterocycles. The molecule has 0 aliphatic heterocycles. The van der Waals surface area contributed by atoms with Gasteiger partial charge in [0.2, 0.25) is 0 Å². The Labute approximate surface area is 128 Å². The van der Waals surface area contributed by atoms with Crippen molar-refractivity contribution in [3.05, 3.63) is 50.0 Å². The minimum atomic E-state index is -1.11. The molecule has 98 valence electrons. The number of nitrogens with zero attached hydrogens (tertiary/aromatic N) is 1. The molecule has 0 saturated heterocycles. The summed E-state index contributed by atoms with van der Waals surface area (Å²) in [6, 6.07) is 4.34. The quantitative estimate of drug-likeness (QED) is 0.780. The van der Waals surface area contributed by atoms with Crippen LogP contribution in [0.1, 0.15) is 10.4 Å². The lowest BCUT2D eigenvalue weighted by Gasteiger charge is -2.08. The number of rotatable bonds is 2. The first-order valence-electron chi connectivity index (χ1n) is 4.94. The van der Waals surface area contributed by atoms with Gasteiger partial charge in [-0.1, -0.05) is 46.4 Å². The lowest BCUT2D eigenvalue weighted by atomic mass is 10.1. The summed E-state index contributed by atoms with van der Waals surface area (Å²) in [5, 5.41) is 9.90. The van der Waals surface area contributed by atoms with Crippen molar-refractivity contribution >= 4 is 52.4 Å². The lowest BCUT2D eigenvalue weighted by Crippen LogP contribution is -1.98. The van der Waals surface area contributed by atoms with Crippen molar-refractivity contribution in [3.8, 4) is 11.3 Å². The second-order valence-corrected chi connectivity index (χ2v) is 5.24. The summed E-state index contributed by atoms with van der Waals surface area (Å²) in [5.74, 6) is -1.11. The first kappa shape index (κ1) is 14.4. The van der Waals surface area contributed by atoms with Crippen molar-refractivity contribution in [1.82, 2.24) is 4.98 Å². The number of aromatic carboxylic acids is 1. The fourth-order valence-corrected chi connectivity index (χ4v) is 2.44. The molecule has 1 N–H and O–H groups in total. The van der Waals surface area contributed by atoms with E-state index in [9.17, 15) is 4.79 Å². The Bertz CT molecular complexity index is 673. The normalized spacial score (nSPS) is 10.5. The van der Waals surface area contributed by atoms with E-state index < -0.39 is 5.97 Å². The third kappa shape index (κ3) is 2.95. The minimum absolute atomic E-state index is 0.0157. The largest absolute Gasteiger partial charge is 0.478 e. The van der Waals surface area contributed by atoms with Crippen molar-refractivity contribution in [2.75, 3.05) is 0 Å². The van der Waals surface area contributed by atoms with E-state index in [0.717, 1.165) is 0 Å². The molecule has 0 radical (unpaired) electrons. The van der Waals surface area contributed by atoms with Gasteiger partial charge in [-0.05, 0) is 18.2 Å². The second kappa shape index (κ2) is 5.55. The van der Waals surface area contributed by atoms with Gasteiger partial charge in [0.1, 0.15) is 0 Å². The summed E-state index contributed by atoms with van der Waals surface area (Å²) in [6.07, 6.45) is 1.19. The molecule has 0 aliphatic rings. The fourth-order valence-electron chi connectivity index (χ4n) is 1.48. The number of carbonyl (C=O) groups is 1. The van der Waals surface area contributed by atoms with E-state index in [-0.39, 0.29) is 20.6 Å². The van der Waals surface area contributed by atoms with Gasteiger partial charge in [-0.15, -0.1) is 0 Å². The highest BCUT2D eigenvalue weighted by atomic mass is 35.5. The maximum Gasteiger partial charge on any atom is 0.337 e. The van der Waals surface area contributed by atoms with E-state index in [1.54, 1.807) is 6.07 Å². The molecule has 0 saturated carbocycles. The Kier molecular flexibility index (Phi) is 4.21. The summed E-state index contributed by atoms with van der Waals surface area (Å²) in [6.45, 7) is 0. The third-order valence-electron chi connectivity index (χ3n) is 2.34. The zero-order chi connectivity index (χ0) is 14.2.